The largest absolute Gasteiger partial charge is 0.475 e. The van der Waals surface area contributed by atoms with E-state index in [9.17, 15) is 9.59 Å². The smallest absolute Gasteiger partial charge is 0.376 e. The summed E-state index contributed by atoms with van der Waals surface area (Å²) in [7, 11) is 1.75. The third kappa shape index (κ3) is 2.26. The minimum Gasteiger partial charge on any atom is -0.475 e. The van der Waals surface area contributed by atoms with E-state index < -0.39 is 11.8 Å². The van der Waals surface area contributed by atoms with Gasteiger partial charge in [-0.15, -0.1) is 0 Å². The fourth-order valence-corrected chi connectivity index (χ4v) is 0.760. The zero-order valence-electron chi connectivity index (χ0n) is 6.97. The Bertz CT molecular complexity index is 365. The van der Waals surface area contributed by atoms with Gasteiger partial charge in [0.05, 0.1) is 18.2 Å². The molecule has 1 N–H and O–H groups in total. The second kappa shape index (κ2) is 3.66. The summed E-state index contributed by atoms with van der Waals surface area (Å²) in [5, 5.41) is 8.26. The van der Waals surface area contributed by atoms with E-state index in [1.165, 1.54) is 12.3 Å². The number of aryl methyl sites for hydroxylation is 1. The minimum atomic E-state index is -1.46. The summed E-state index contributed by atoms with van der Waals surface area (Å²) in [5.74, 6) is -2.40. The number of hydrogen-bond acceptors (Lipinski definition) is 3. The van der Waals surface area contributed by atoms with E-state index in [2.05, 4.69) is 4.98 Å². The highest BCUT2D eigenvalue weighted by Gasteiger charge is 2.05. The first-order valence-electron chi connectivity index (χ1n) is 3.53. The first kappa shape index (κ1) is 9.18. The number of hydrogen-bond donors (Lipinski definition) is 1. The number of carbonyl (C=O) groups is 2. The molecule has 0 amide bonds. The lowest BCUT2D eigenvalue weighted by Gasteiger charge is -1.91. The molecule has 13 heavy (non-hydrogen) atoms. The molecule has 0 unspecified atom stereocenters. The molecule has 0 radical (unpaired) electrons. The standard InChI is InChI=1S/C8H8N2O3/c1-10-5-9-4-6(10)2-3-7(11)8(12)13/h2-5H,1H3,(H,12,13)/b3-2+. The highest BCUT2D eigenvalue weighted by molar-refractivity contribution is 6.38. The van der Waals surface area contributed by atoms with E-state index in [-0.39, 0.29) is 0 Å². The predicted molar refractivity (Wildman–Crippen MR) is 44.9 cm³/mol. The minimum absolute atomic E-state index is 0.676. The summed E-state index contributed by atoms with van der Waals surface area (Å²) in [6.07, 6.45) is 5.50. The van der Waals surface area contributed by atoms with Crippen molar-refractivity contribution in [1.82, 2.24) is 9.55 Å². The Labute approximate surface area is 74.3 Å². The fraction of sp³-hybridized carbons (Fsp3) is 0.125. The number of nitrogens with zero attached hydrogens (tertiary/aromatic N) is 2. The summed E-state index contributed by atoms with van der Waals surface area (Å²) in [6.45, 7) is 0. The molecule has 0 fully saturated rings. The maximum absolute atomic E-state index is 10.6. The molecule has 1 aromatic heterocycles. The highest BCUT2D eigenvalue weighted by Crippen LogP contribution is 1.98. The maximum Gasteiger partial charge on any atom is 0.376 e. The molecular formula is C8H8N2O3. The third-order valence-electron chi connectivity index (χ3n) is 1.47. The van der Waals surface area contributed by atoms with Crippen LogP contribution in [0.4, 0.5) is 0 Å². The number of aliphatic carboxylic acids is 1. The molecule has 1 heterocycles. The molecule has 1 rings (SSSR count). The van der Waals surface area contributed by atoms with Crippen molar-refractivity contribution in [3.05, 3.63) is 24.3 Å². The maximum atomic E-state index is 10.6. The normalized spacial score (nSPS) is 10.5. The van der Waals surface area contributed by atoms with Gasteiger partial charge < -0.3 is 9.67 Å². The van der Waals surface area contributed by atoms with Crippen LogP contribution < -0.4 is 0 Å². The molecule has 0 aromatic carbocycles. The lowest BCUT2D eigenvalue weighted by atomic mass is 10.3. The van der Waals surface area contributed by atoms with Crippen LogP contribution in [0.5, 0.6) is 0 Å². The van der Waals surface area contributed by atoms with Crippen molar-refractivity contribution in [2.45, 2.75) is 0 Å². The second-order valence-corrected chi connectivity index (χ2v) is 2.43. The van der Waals surface area contributed by atoms with Crippen molar-refractivity contribution in [2.24, 2.45) is 7.05 Å². The van der Waals surface area contributed by atoms with Crippen LogP contribution in [0.3, 0.4) is 0 Å². The van der Waals surface area contributed by atoms with Crippen LogP contribution in [0, 0.1) is 0 Å². The molecule has 0 spiro atoms. The van der Waals surface area contributed by atoms with Crippen LogP contribution in [-0.2, 0) is 16.6 Å². The van der Waals surface area contributed by atoms with E-state index in [1.54, 1.807) is 17.9 Å². The Morgan fingerprint density at radius 2 is 2.31 bits per heavy atom. The van der Waals surface area contributed by atoms with Gasteiger partial charge in [-0.3, -0.25) is 4.79 Å². The van der Waals surface area contributed by atoms with E-state index in [1.807, 2.05) is 0 Å². The van der Waals surface area contributed by atoms with E-state index in [4.69, 9.17) is 5.11 Å². The van der Waals surface area contributed by atoms with Gasteiger partial charge in [0.25, 0.3) is 5.78 Å². The zero-order chi connectivity index (χ0) is 9.84. The predicted octanol–water partition coefficient (Wildman–Crippen LogP) is 0.0870. The molecule has 5 heteroatoms. The van der Waals surface area contributed by atoms with Crippen molar-refractivity contribution >= 4 is 17.8 Å². The quantitative estimate of drug-likeness (QED) is 0.528. The number of aromatic nitrogens is 2. The average Bonchev–Trinajstić information content (AvgIpc) is 2.47. The van der Waals surface area contributed by atoms with Gasteiger partial charge in [-0.2, -0.15) is 0 Å². The first-order valence-corrected chi connectivity index (χ1v) is 3.53. The Kier molecular flexibility index (Phi) is 2.59. The second-order valence-electron chi connectivity index (χ2n) is 2.43. The number of carbonyl (C=O) groups excluding carboxylic acids is 1. The molecule has 5 nitrogen and oxygen atoms in total. The zero-order valence-corrected chi connectivity index (χ0v) is 6.97. The number of carboxylic acid groups (broad SMARTS) is 1. The van der Waals surface area contributed by atoms with Crippen molar-refractivity contribution in [1.29, 1.82) is 0 Å². The summed E-state index contributed by atoms with van der Waals surface area (Å²) in [5.41, 5.74) is 0.676. The molecular weight excluding hydrogens is 172 g/mol. The van der Waals surface area contributed by atoms with Crippen LogP contribution in [0.1, 0.15) is 5.69 Å². The summed E-state index contributed by atoms with van der Waals surface area (Å²) in [4.78, 5) is 24.6. The molecule has 0 bridgehead atoms. The van der Waals surface area contributed by atoms with Gasteiger partial charge in [0, 0.05) is 7.05 Å². The Morgan fingerprint density at radius 3 is 2.77 bits per heavy atom. The van der Waals surface area contributed by atoms with E-state index >= 15 is 0 Å². The van der Waals surface area contributed by atoms with E-state index in [0.717, 1.165) is 6.08 Å². The fourth-order valence-electron chi connectivity index (χ4n) is 0.760. The van der Waals surface area contributed by atoms with Crippen LogP contribution in [0.15, 0.2) is 18.6 Å². The van der Waals surface area contributed by atoms with Gasteiger partial charge in [-0.05, 0) is 12.2 Å². The van der Waals surface area contributed by atoms with Crippen LogP contribution in [-0.4, -0.2) is 26.4 Å². The molecule has 0 aliphatic heterocycles. The third-order valence-corrected chi connectivity index (χ3v) is 1.47. The Hall–Kier alpha value is -1.91. The molecule has 68 valence electrons. The molecule has 1 aromatic rings. The van der Waals surface area contributed by atoms with Crippen molar-refractivity contribution in [2.75, 3.05) is 0 Å². The lowest BCUT2D eigenvalue weighted by Crippen LogP contribution is -2.08. The van der Waals surface area contributed by atoms with Gasteiger partial charge in [0.15, 0.2) is 0 Å². The van der Waals surface area contributed by atoms with Gasteiger partial charge in [-0.25, -0.2) is 9.78 Å². The molecule has 0 aliphatic carbocycles. The number of rotatable bonds is 3. The highest BCUT2D eigenvalue weighted by atomic mass is 16.4. The number of imidazole rings is 1. The Morgan fingerprint density at radius 1 is 1.62 bits per heavy atom. The lowest BCUT2D eigenvalue weighted by molar-refractivity contribution is -0.146. The summed E-state index contributed by atoms with van der Waals surface area (Å²) in [6, 6.07) is 0. The monoisotopic (exact) mass is 180 g/mol. The summed E-state index contributed by atoms with van der Waals surface area (Å²) < 4.78 is 1.67. The van der Waals surface area contributed by atoms with Gasteiger partial charge >= 0.3 is 5.97 Å². The summed E-state index contributed by atoms with van der Waals surface area (Å²) >= 11 is 0. The topological polar surface area (TPSA) is 72.2 Å². The number of carboxylic acids is 1. The van der Waals surface area contributed by atoms with Gasteiger partial charge in [-0.1, -0.05) is 0 Å². The van der Waals surface area contributed by atoms with Crippen LogP contribution in [0.2, 0.25) is 0 Å². The average molecular weight is 180 g/mol. The van der Waals surface area contributed by atoms with Gasteiger partial charge in [0.2, 0.25) is 0 Å². The van der Waals surface area contributed by atoms with Crippen molar-refractivity contribution in [3.63, 3.8) is 0 Å². The Balaban J connectivity index is 2.75. The molecule has 0 saturated carbocycles. The van der Waals surface area contributed by atoms with E-state index in [0.29, 0.717) is 5.69 Å². The number of ketones is 1. The molecule has 0 aliphatic rings. The SMILES string of the molecule is Cn1cncc1/C=C/C(=O)C(=O)O. The van der Waals surface area contributed by atoms with Crippen LogP contribution >= 0.6 is 0 Å². The van der Waals surface area contributed by atoms with Crippen molar-refractivity contribution < 1.29 is 14.7 Å². The molecule has 0 atom stereocenters. The molecule has 0 saturated heterocycles. The van der Waals surface area contributed by atoms with Crippen LogP contribution in [0.25, 0.3) is 6.08 Å². The first-order chi connectivity index (χ1) is 6.11. The van der Waals surface area contributed by atoms with Gasteiger partial charge in [0.1, 0.15) is 0 Å². The van der Waals surface area contributed by atoms with Crippen molar-refractivity contribution in [3.8, 4) is 0 Å².